The van der Waals surface area contributed by atoms with E-state index in [1.807, 2.05) is 54.6 Å². The summed E-state index contributed by atoms with van der Waals surface area (Å²) in [5.74, 6) is 0.791. The van der Waals surface area contributed by atoms with Crippen molar-refractivity contribution in [1.29, 1.82) is 5.26 Å². The third-order valence-corrected chi connectivity index (χ3v) is 5.13. The van der Waals surface area contributed by atoms with E-state index in [1.54, 1.807) is 7.11 Å². The number of hydrogen-bond acceptors (Lipinski definition) is 3. The van der Waals surface area contributed by atoms with Crippen molar-refractivity contribution in [2.24, 2.45) is 0 Å². The number of methoxy groups -OCH3 is 1. The molecule has 0 aromatic heterocycles. The van der Waals surface area contributed by atoms with E-state index in [-0.39, 0.29) is 0 Å². The van der Waals surface area contributed by atoms with E-state index < -0.39 is 5.41 Å². The molecule has 0 spiro atoms. The highest BCUT2D eigenvalue weighted by Crippen LogP contribution is 2.35. The highest BCUT2D eigenvalue weighted by Gasteiger charge is 2.36. The molecule has 1 aliphatic heterocycles. The average Bonchev–Trinajstić information content (AvgIpc) is 2.69. The van der Waals surface area contributed by atoms with E-state index >= 15 is 0 Å². The number of benzene rings is 2. The maximum atomic E-state index is 9.78. The first-order valence-electron chi connectivity index (χ1n) is 8.34. The number of thiocarbonyl (C=S) groups is 1. The molecule has 25 heavy (non-hydrogen) atoms. The number of piperidine rings is 1. The van der Waals surface area contributed by atoms with Crippen molar-refractivity contribution in [3.63, 3.8) is 0 Å². The number of likely N-dealkylation sites (tertiary alicyclic amines) is 1. The second kappa shape index (κ2) is 7.54. The van der Waals surface area contributed by atoms with Crippen LogP contribution in [0.15, 0.2) is 54.6 Å². The number of nitrogens with one attached hydrogen (secondary N) is 1. The first kappa shape index (κ1) is 17.2. The summed E-state index contributed by atoms with van der Waals surface area (Å²) in [5, 5.41) is 13.7. The Labute approximate surface area is 154 Å². The molecule has 0 radical (unpaired) electrons. The van der Waals surface area contributed by atoms with Crippen LogP contribution in [0.2, 0.25) is 0 Å². The number of rotatable bonds is 3. The van der Waals surface area contributed by atoms with Gasteiger partial charge in [-0.05, 0) is 42.8 Å². The lowest BCUT2D eigenvalue weighted by atomic mass is 9.74. The fraction of sp³-hybridized carbons (Fsp3) is 0.300. The average molecular weight is 351 g/mol. The van der Waals surface area contributed by atoms with Gasteiger partial charge in [-0.3, -0.25) is 0 Å². The number of nitrogens with zero attached hydrogens (tertiary/aromatic N) is 2. The predicted molar refractivity (Wildman–Crippen MR) is 104 cm³/mol. The van der Waals surface area contributed by atoms with Crippen molar-refractivity contribution in [2.45, 2.75) is 18.3 Å². The molecule has 1 heterocycles. The normalized spacial score (nSPS) is 15.9. The molecule has 0 aliphatic carbocycles. The van der Waals surface area contributed by atoms with Crippen molar-refractivity contribution >= 4 is 23.0 Å². The Morgan fingerprint density at radius 3 is 2.52 bits per heavy atom. The van der Waals surface area contributed by atoms with Crippen LogP contribution in [-0.4, -0.2) is 30.2 Å². The molecule has 3 rings (SSSR count). The van der Waals surface area contributed by atoms with Gasteiger partial charge >= 0.3 is 0 Å². The summed E-state index contributed by atoms with van der Waals surface area (Å²) >= 11 is 5.55. The topological polar surface area (TPSA) is 48.3 Å². The molecule has 1 fully saturated rings. The minimum atomic E-state index is -0.413. The largest absolute Gasteiger partial charge is 0.497 e. The van der Waals surface area contributed by atoms with Crippen LogP contribution in [0, 0.1) is 11.3 Å². The van der Waals surface area contributed by atoms with E-state index in [1.165, 1.54) is 0 Å². The standard InChI is InChI=1S/C20H21N3OS/c1-24-18-9-5-8-17(14-18)22-19(25)23-12-10-20(15-21,11-13-23)16-6-3-2-4-7-16/h2-9,14H,10-13H2,1H3,(H,22,25). The molecule has 128 valence electrons. The molecule has 0 saturated carbocycles. The second-order valence-electron chi connectivity index (χ2n) is 6.21. The van der Waals surface area contributed by atoms with Crippen molar-refractivity contribution in [3.8, 4) is 11.8 Å². The van der Waals surface area contributed by atoms with Gasteiger partial charge in [0.25, 0.3) is 0 Å². The fourth-order valence-corrected chi connectivity index (χ4v) is 3.52. The van der Waals surface area contributed by atoms with Gasteiger partial charge in [0.1, 0.15) is 5.75 Å². The summed E-state index contributed by atoms with van der Waals surface area (Å²) in [7, 11) is 1.65. The van der Waals surface area contributed by atoms with E-state index in [0.717, 1.165) is 42.9 Å². The molecule has 0 unspecified atom stereocenters. The molecule has 1 aliphatic rings. The minimum absolute atomic E-state index is 0.413. The molecular formula is C20H21N3OS. The van der Waals surface area contributed by atoms with E-state index in [0.29, 0.717) is 5.11 Å². The summed E-state index contributed by atoms with van der Waals surface area (Å²) in [6.07, 6.45) is 1.54. The van der Waals surface area contributed by atoms with Gasteiger partial charge in [-0.2, -0.15) is 5.26 Å². The van der Waals surface area contributed by atoms with Gasteiger partial charge in [0.05, 0.1) is 18.6 Å². The Balaban J connectivity index is 1.65. The second-order valence-corrected chi connectivity index (χ2v) is 6.60. The molecule has 0 atom stereocenters. The monoisotopic (exact) mass is 351 g/mol. The van der Waals surface area contributed by atoms with Gasteiger partial charge < -0.3 is 15.0 Å². The summed E-state index contributed by atoms with van der Waals surface area (Å²) in [4.78, 5) is 2.13. The number of nitriles is 1. The third kappa shape index (κ3) is 3.75. The van der Waals surface area contributed by atoms with Crippen LogP contribution in [0.5, 0.6) is 5.75 Å². The quantitative estimate of drug-likeness (QED) is 0.849. The highest BCUT2D eigenvalue weighted by atomic mass is 32.1. The van der Waals surface area contributed by atoms with Crippen molar-refractivity contribution in [1.82, 2.24) is 4.90 Å². The minimum Gasteiger partial charge on any atom is -0.497 e. The molecular weight excluding hydrogens is 330 g/mol. The summed E-state index contributed by atoms with van der Waals surface area (Å²) in [6, 6.07) is 20.3. The zero-order chi connectivity index (χ0) is 17.7. The summed E-state index contributed by atoms with van der Waals surface area (Å²) in [5.41, 5.74) is 1.59. The van der Waals surface area contributed by atoms with Crippen LogP contribution in [0.3, 0.4) is 0 Å². The molecule has 2 aromatic carbocycles. The van der Waals surface area contributed by atoms with Gasteiger partial charge in [0.2, 0.25) is 0 Å². The lowest BCUT2D eigenvalue weighted by Gasteiger charge is -2.38. The summed E-state index contributed by atoms with van der Waals surface area (Å²) in [6.45, 7) is 1.52. The van der Waals surface area contributed by atoms with Gasteiger partial charge in [0, 0.05) is 24.8 Å². The van der Waals surface area contributed by atoms with Gasteiger partial charge in [-0.1, -0.05) is 36.4 Å². The van der Waals surface area contributed by atoms with Gasteiger partial charge in [-0.25, -0.2) is 0 Å². The number of hydrogen-bond donors (Lipinski definition) is 1. The first-order chi connectivity index (χ1) is 12.2. The van der Waals surface area contributed by atoms with E-state index in [9.17, 15) is 5.26 Å². The van der Waals surface area contributed by atoms with Gasteiger partial charge in [0.15, 0.2) is 5.11 Å². The van der Waals surface area contributed by atoms with Crippen LogP contribution < -0.4 is 10.1 Å². The molecule has 5 heteroatoms. The molecule has 2 aromatic rings. The lowest BCUT2D eigenvalue weighted by molar-refractivity contribution is 0.272. The summed E-state index contributed by atoms with van der Waals surface area (Å²) < 4.78 is 5.24. The predicted octanol–water partition coefficient (Wildman–Crippen LogP) is 3.95. The Bertz CT molecular complexity index is 777. The number of ether oxygens (including phenoxy) is 1. The van der Waals surface area contributed by atoms with Crippen LogP contribution >= 0.6 is 12.2 Å². The van der Waals surface area contributed by atoms with Crippen molar-refractivity contribution < 1.29 is 4.74 Å². The molecule has 1 saturated heterocycles. The first-order valence-corrected chi connectivity index (χ1v) is 8.74. The van der Waals surface area contributed by atoms with Crippen LogP contribution in [0.25, 0.3) is 0 Å². The zero-order valence-corrected chi connectivity index (χ0v) is 15.1. The molecule has 4 nitrogen and oxygen atoms in total. The van der Waals surface area contributed by atoms with Crippen molar-refractivity contribution in [2.75, 3.05) is 25.5 Å². The fourth-order valence-electron chi connectivity index (χ4n) is 3.22. The maximum absolute atomic E-state index is 9.78. The Morgan fingerprint density at radius 2 is 1.88 bits per heavy atom. The maximum Gasteiger partial charge on any atom is 0.173 e. The highest BCUT2D eigenvalue weighted by molar-refractivity contribution is 7.80. The smallest absolute Gasteiger partial charge is 0.173 e. The zero-order valence-electron chi connectivity index (χ0n) is 14.2. The Kier molecular flexibility index (Phi) is 5.20. The Morgan fingerprint density at radius 1 is 1.16 bits per heavy atom. The molecule has 1 N–H and O–H groups in total. The lowest BCUT2D eigenvalue weighted by Crippen LogP contribution is -2.46. The molecule has 0 bridgehead atoms. The van der Waals surface area contributed by atoms with Crippen LogP contribution in [-0.2, 0) is 5.41 Å². The SMILES string of the molecule is COc1cccc(NC(=S)N2CCC(C#N)(c3ccccc3)CC2)c1. The molecule has 0 amide bonds. The van der Waals surface area contributed by atoms with Gasteiger partial charge in [-0.15, -0.1) is 0 Å². The van der Waals surface area contributed by atoms with Crippen LogP contribution in [0.1, 0.15) is 18.4 Å². The Hall–Kier alpha value is -2.58. The van der Waals surface area contributed by atoms with E-state index in [4.69, 9.17) is 17.0 Å². The third-order valence-electron chi connectivity index (χ3n) is 4.77. The van der Waals surface area contributed by atoms with Crippen LogP contribution in [0.4, 0.5) is 5.69 Å². The van der Waals surface area contributed by atoms with Crippen molar-refractivity contribution in [3.05, 3.63) is 60.2 Å². The van der Waals surface area contributed by atoms with E-state index in [2.05, 4.69) is 16.3 Å². The number of anilines is 1.